The fourth-order valence-corrected chi connectivity index (χ4v) is 1.38. The molecule has 1 heterocycles. The molecule has 0 N–H and O–H groups in total. The van der Waals surface area contributed by atoms with Gasteiger partial charge < -0.3 is 0 Å². The molecule has 1 rings (SSSR count). The zero-order valence-electron chi connectivity index (χ0n) is 5.34. The highest BCUT2D eigenvalue weighted by Crippen LogP contribution is 2.13. The molecular weight excluding hydrogens is 337 g/mol. The molecule has 0 aliphatic heterocycles. The molecular formula is C7H3BrINS. The zero-order chi connectivity index (χ0) is 8.10. The molecule has 0 aromatic carbocycles. The Bertz CT molecular complexity index is 305. The summed E-state index contributed by atoms with van der Waals surface area (Å²) in [5, 5.41) is 2.89. The van der Waals surface area contributed by atoms with Gasteiger partial charge in [-0.05, 0) is 42.2 Å². The van der Waals surface area contributed by atoms with Gasteiger partial charge in [-0.3, -0.25) is 0 Å². The number of pyridine rings is 1. The van der Waals surface area contributed by atoms with Crippen LogP contribution in [0.3, 0.4) is 0 Å². The van der Waals surface area contributed by atoms with Gasteiger partial charge in [0, 0.05) is 27.4 Å². The van der Waals surface area contributed by atoms with Crippen molar-refractivity contribution in [1.82, 2.24) is 4.98 Å². The van der Waals surface area contributed by atoms with Gasteiger partial charge in [0.25, 0.3) is 0 Å². The number of hydrogen-bond acceptors (Lipinski definition) is 2. The minimum absolute atomic E-state index is 0.804. The first-order chi connectivity index (χ1) is 5.34. The highest BCUT2D eigenvalue weighted by atomic mass is 127. The summed E-state index contributed by atoms with van der Waals surface area (Å²) in [6, 6.07) is 3.80. The second kappa shape index (κ2) is 5.01. The number of aromatic nitrogens is 1. The van der Waals surface area contributed by atoms with Gasteiger partial charge in [0.15, 0.2) is 0 Å². The van der Waals surface area contributed by atoms with Gasteiger partial charge in [0.1, 0.15) is 4.60 Å². The fraction of sp³-hybridized carbons (Fsp3) is 0. The third-order valence-electron chi connectivity index (χ3n) is 0.983. The normalized spacial score (nSPS) is 8.55. The van der Waals surface area contributed by atoms with Gasteiger partial charge in [-0.1, -0.05) is 5.92 Å². The summed E-state index contributed by atoms with van der Waals surface area (Å²) in [6.45, 7) is 0. The lowest BCUT2D eigenvalue weighted by atomic mass is 10.3. The molecule has 0 aliphatic rings. The molecule has 0 amide bonds. The van der Waals surface area contributed by atoms with Crippen molar-refractivity contribution in [2.24, 2.45) is 0 Å². The van der Waals surface area contributed by atoms with Gasteiger partial charge in [-0.2, -0.15) is 0 Å². The summed E-state index contributed by atoms with van der Waals surface area (Å²) >= 11 is 5.43. The van der Waals surface area contributed by atoms with Gasteiger partial charge >= 0.3 is 0 Å². The fourth-order valence-electron chi connectivity index (χ4n) is 0.554. The highest BCUT2D eigenvalue weighted by molar-refractivity contribution is 14.2. The van der Waals surface area contributed by atoms with Crippen LogP contribution in [0.15, 0.2) is 22.9 Å². The van der Waals surface area contributed by atoms with E-state index in [1.54, 1.807) is 6.20 Å². The van der Waals surface area contributed by atoms with Crippen LogP contribution in [0.25, 0.3) is 0 Å². The van der Waals surface area contributed by atoms with E-state index in [1.807, 2.05) is 12.1 Å². The molecule has 0 saturated carbocycles. The lowest BCUT2D eigenvalue weighted by molar-refractivity contribution is 1.26. The lowest BCUT2D eigenvalue weighted by Crippen LogP contribution is -1.79. The molecule has 0 atom stereocenters. The van der Waals surface area contributed by atoms with Crippen LogP contribution in [0.5, 0.6) is 0 Å². The smallest absolute Gasteiger partial charge is 0.121 e. The van der Waals surface area contributed by atoms with E-state index in [9.17, 15) is 0 Å². The first kappa shape index (κ1) is 9.36. The van der Waals surface area contributed by atoms with Crippen molar-refractivity contribution in [3.05, 3.63) is 28.5 Å². The van der Waals surface area contributed by atoms with E-state index in [0.29, 0.717) is 0 Å². The summed E-state index contributed by atoms with van der Waals surface area (Å²) in [5.41, 5.74) is 0.927. The number of hydrogen-bond donors (Lipinski definition) is 0. The Hall–Kier alpha value is 0.270. The van der Waals surface area contributed by atoms with Crippen molar-refractivity contribution in [1.29, 1.82) is 0 Å². The van der Waals surface area contributed by atoms with Gasteiger partial charge in [-0.15, -0.1) is 0 Å². The molecule has 0 saturated heterocycles. The van der Waals surface area contributed by atoms with Crippen LogP contribution in [0.4, 0.5) is 0 Å². The Labute approximate surface area is 90.1 Å². The molecule has 0 radical (unpaired) electrons. The predicted octanol–water partition coefficient (Wildman–Crippen LogP) is 3.24. The third-order valence-corrected chi connectivity index (χ3v) is 2.46. The Morgan fingerprint density at radius 3 is 3.09 bits per heavy atom. The summed E-state index contributed by atoms with van der Waals surface area (Å²) < 4.78 is 0.804. The van der Waals surface area contributed by atoms with Crippen LogP contribution in [0.2, 0.25) is 0 Å². The summed E-state index contributed by atoms with van der Waals surface area (Å²) in [7, 11) is 1.47. The van der Waals surface area contributed by atoms with Gasteiger partial charge in [-0.25, -0.2) is 4.98 Å². The molecule has 56 valence electrons. The van der Waals surface area contributed by atoms with E-state index in [4.69, 9.17) is 0 Å². The van der Waals surface area contributed by atoms with Crippen molar-refractivity contribution in [3.8, 4) is 11.2 Å². The average molecular weight is 340 g/mol. The van der Waals surface area contributed by atoms with Crippen molar-refractivity contribution >= 4 is 46.1 Å². The number of nitrogens with zero attached hydrogens (tertiary/aromatic N) is 1. The molecule has 0 bridgehead atoms. The monoisotopic (exact) mass is 339 g/mol. The first-order valence-electron chi connectivity index (χ1n) is 2.73. The van der Waals surface area contributed by atoms with E-state index in [2.05, 4.69) is 53.3 Å². The number of halogens is 2. The van der Waals surface area contributed by atoms with Crippen molar-refractivity contribution < 1.29 is 0 Å². The molecule has 0 fully saturated rings. The van der Waals surface area contributed by atoms with E-state index >= 15 is 0 Å². The largest absolute Gasteiger partial charge is 0.248 e. The van der Waals surface area contributed by atoms with Gasteiger partial charge in [0.05, 0.1) is 5.56 Å². The Balaban J connectivity index is 2.95. The van der Waals surface area contributed by atoms with E-state index in [1.165, 1.54) is 8.93 Å². The maximum atomic E-state index is 4.03. The summed E-state index contributed by atoms with van der Waals surface area (Å²) in [6.07, 6.45) is 1.73. The SMILES string of the molecule is Brc1ncccc1C#CSI. The van der Waals surface area contributed by atoms with E-state index < -0.39 is 0 Å². The van der Waals surface area contributed by atoms with Crippen molar-refractivity contribution in [2.75, 3.05) is 0 Å². The first-order valence-corrected chi connectivity index (χ1v) is 6.89. The molecule has 0 spiro atoms. The van der Waals surface area contributed by atoms with Crippen molar-refractivity contribution in [3.63, 3.8) is 0 Å². The second-order valence-corrected chi connectivity index (χ2v) is 4.08. The Morgan fingerprint density at radius 2 is 2.45 bits per heavy atom. The van der Waals surface area contributed by atoms with E-state index in [-0.39, 0.29) is 0 Å². The molecule has 4 heteroatoms. The molecule has 1 nitrogen and oxygen atoms in total. The molecule has 1 aromatic rings. The maximum Gasteiger partial charge on any atom is 0.121 e. The predicted molar refractivity (Wildman–Crippen MR) is 60.4 cm³/mol. The van der Waals surface area contributed by atoms with Crippen LogP contribution in [0, 0.1) is 11.2 Å². The Kier molecular flexibility index (Phi) is 4.26. The average Bonchev–Trinajstić information content (AvgIpc) is 2.03. The van der Waals surface area contributed by atoms with Crippen LogP contribution >= 0.6 is 46.1 Å². The lowest BCUT2D eigenvalue weighted by Gasteiger charge is -1.90. The van der Waals surface area contributed by atoms with Crippen LogP contribution in [-0.2, 0) is 0 Å². The summed E-state index contributed by atoms with van der Waals surface area (Å²) in [5.74, 6) is 2.96. The van der Waals surface area contributed by atoms with Gasteiger partial charge in [0.2, 0.25) is 0 Å². The van der Waals surface area contributed by atoms with Crippen molar-refractivity contribution in [2.45, 2.75) is 0 Å². The standard InChI is InChI=1S/C7H3BrINS/c8-7-6(3-5-11-9)2-1-4-10-7/h1-2,4H. The topological polar surface area (TPSA) is 12.9 Å². The number of rotatable bonds is 0. The molecule has 0 aliphatic carbocycles. The Morgan fingerprint density at radius 1 is 1.64 bits per heavy atom. The molecule has 0 unspecified atom stereocenters. The zero-order valence-corrected chi connectivity index (χ0v) is 9.90. The molecule has 1 aromatic heterocycles. The maximum absolute atomic E-state index is 4.03. The van der Waals surface area contributed by atoms with E-state index in [0.717, 1.165) is 10.2 Å². The quantitative estimate of drug-likeness (QED) is 0.409. The minimum Gasteiger partial charge on any atom is -0.248 e. The molecule has 11 heavy (non-hydrogen) atoms. The third kappa shape index (κ3) is 3.01. The van der Waals surface area contributed by atoms with Crippen LogP contribution in [0.1, 0.15) is 5.56 Å². The summed E-state index contributed by atoms with van der Waals surface area (Å²) in [4.78, 5) is 4.03. The second-order valence-electron chi connectivity index (χ2n) is 1.65. The van der Waals surface area contributed by atoms with Crippen LogP contribution in [-0.4, -0.2) is 4.98 Å². The highest BCUT2D eigenvalue weighted by Gasteiger charge is 1.92. The van der Waals surface area contributed by atoms with Crippen LogP contribution < -0.4 is 0 Å². The minimum atomic E-state index is 0.804.